The Balaban J connectivity index is 2.25. The summed E-state index contributed by atoms with van der Waals surface area (Å²) in [5.74, 6) is -0.611. The Bertz CT molecular complexity index is 817. The van der Waals surface area contributed by atoms with Gasteiger partial charge in [0.2, 0.25) is 15.9 Å². The fourth-order valence-electron chi connectivity index (χ4n) is 3.20. The topological polar surface area (TPSA) is 105 Å². The second-order valence-corrected chi connectivity index (χ2v) is 9.10. The first kappa shape index (κ1) is 23.2. The van der Waals surface area contributed by atoms with Crippen molar-refractivity contribution in [1.82, 2.24) is 14.9 Å². The highest BCUT2D eigenvalue weighted by molar-refractivity contribution is 7.89. The maximum Gasteiger partial charge on any atom is 0.255 e. The number of benzene rings is 1. The Morgan fingerprint density at radius 3 is 2.41 bits per heavy atom. The minimum Gasteiger partial charge on any atom is -0.496 e. The summed E-state index contributed by atoms with van der Waals surface area (Å²) in [6.45, 7) is 4.98. The lowest BCUT2D eigenvalue weighted by Gasteiger charge is -2.21. The normalized spacial score (nSPS) is 16.5. The first-order valence-corrected chi connectivity index (χ1v) is 11.5. The second kappa shape index (κ2) is 10.6. The largest absolute Gasteiger partial charge is 0.496 e. The molecule has 1 fully saturated rings. The summed E-state index contributed by atoms with van der Waals surface area (Å²) in [4.78, 5) is 24.8. The van der Waals surface area contributed by atoms with Crippen LogP contribution in [0, 0.1) is 0 Å². The molecule has 0 aromatic heterocycles. The smallest absolute Gasteiger partial charge is 0.255 e. The zero-order chi connectivity index (χ0) is 21.4. The number of hydrogen-bond acceptors (Lipinski definition) is 5. The fourth-order valence-corrected chi connectivity index (χ4v) is 4.74. The first-order valence-electron chi connectivity index (χ1n) is 10.1. The molecular weight excluding hydrogens is 394 g/mol. The maximum atomic E-state index is 13.1. The summed E-state index contributed by atoms with van der Waals surface area (Å²) >= 11 is 0. The molecule has 0 unspecified atom stereocenters. The van der Waals surface area contributed by atoms with E-state index in [2.05, 4.69) is 10.6 Å². The Morgan fingerprint density at radius 2 is 1.83 bits per heavy atom. The molecule has 1 aromatic carbocycles. The van der Waals surface area contributed by atoms with Crippen LogP contribution in [-0.2, 0) is 14.8 Å². The van der Waals surface area contributed by atoms with Gasteiger partial charge in [-0.2, -0.15) is 4.31 Å². The van der Waals surface area contributed by atoms with Crippen LogP contribution in [0.2, 0.25) is 0 Å². The van der Waals surface area contributed by atoms with Gasteiger partial charge in [0.15, 0.2) is 0 Å². The summed E-state index contributed by atoms with van der Waals surface area (Å²) in [5.41, 5.74) is 0.0820. The molecule has 0 bridgehead atoms. The van der Waals surface area contributed by atoms with E-state index >= 15 is 0 Å². The molecule has 1 heterocycles. The molecule has 8 nitrogen and oxygen atoms in total. The van der Waals surface area contributed by atoms with Crippen LogP contribution in [-0.4, -0.2) is 57.3 Å². The van der Waals surface area contributed by atoms with E-state index in [9.17, 15) is 18.0 Å². The van der Waals surface area contributed by atoms with Crippen LogP contribution in [0.5, 0.6) is 5.75 Å². The molecule has 1 aliphatic heterocycles. The van der Waals surface area contributed by atoms with Crippen molar-refractivity contribution in [1.29, 1.82) is 0 Å². The Hall–Kier alpha value is -2.13. The van der Waals surface area contributed by atoms with Crippen molar-refractivity contribution in [3.8, 4) is 5.75 Å². The third-order valence-electron chi connectivity index (χ3n) is 4.91. The maximum absolute atomic E-state index is 13.1. The van der Waals surface area contributed by atoms with Gasteiger partial charge in [0, 0.05) is 19.6 Å². The van der Waals surface area contributed by atoms with Gasteiger partial charge in [-0.3, -0.25) is 9.59 Å². The summed E-state index contributed by atoms with van der Waals surface area (Å²) in [6, 6.07) is 3.49. The van der Waals surface area contributed by atoms with E-state index in [4.69, 9.17) is 4.74 Å². The monoisotopic (exact) mass is 425 g/mol. The average Bonchev–Trinajstić information content (AvgIpc) is 3.01. The number of hydrogen-bond donors (Lipinski definition) is 2. The van der Waals surface area contributed by atoms with Crippen LogP contribution in [0.1, 0.15) is 56.3 Å². The third kappa shape index (κ3) is 5.93. The number of carbonyl (C=O) groups excluding carboxylic acids is 2. The van der Waals surface area contributed by atoms with Crippen molar-refractivity contribution in [2.75, 3.05) is 26.7 Å². The molecule has 2 N–H and O–H groups in total. The molecule has 1 saturated heterocycles. The number of rotatable bonds is 8. The van der Waals surface area contributed by atoms with Gasteiger partial charge >= 0.3 is 0 Å². The Morgan fingerprint density at radius 1 is 1.17 bits per heavy atom. The van der Waals surface area contributed by atoms with E-state index in [1.165, 1.54) is 29.6 Å². The van der Waals surface area contributed by atoms with E-state index in [1.807, 2.05) is 6.92 Å². The highest BCUT2D eigenvalue weighted by atomic mass is 32.2. The quantitative estimate of drug-likeness (QED) is 0.662. The molecule has 162 valence electrons. The number of ether oxygens (including phenoxy) is 1. The molecular formula is C20H31N3O5S. The van der Waals surface area contributed by atoms with Crippen LogP contribution in [0.3, 0.4) is 0 Å². The van der Waals surface area contributed by atoms with Crippen molar-refractivity contribution < 1.29 is 22.7 Å². The van der Waals surface area contributed by atoms with Gasteiger partial charge in [-0.05, 0) is 44.4 Å². The standard InChI is InChI=1S/C20H31N3O5S/c1-4-11-21-19(24)15(2)22-20(25)17-14-16(9-10-18(17)28-3)29(26,27)23-12-7-5-6-8-13-23/h9-10,14-15H,4-8,11-13H2,1-3H3,(H,21,24)(H,22,25)/t15-/m1/s1. The highest BCUT2D eigenvalue weighted by Gasteiger charge is 2.27. The van der Waals surface area contributed by atoms with Gasteiger partial charge < -0.3 is 15.4 Å². The number of methoxy groups -OCH3 is 1. The Labute approximate surface area is 173 Å². The predicted molar refractivity (Wildman–Crippen MR) is 110 cm³/mol. The van der Waals surface area contributed by atoms with Crippen LogP contribution in [0.25, 0.3) is 0 Å². The van der Waals surface area contributed by atoms with Crippen LogP contribution in [0.4, 0.5) is 0 Å². The second-order valence-electron chi connectivity index (χ2n) is 7.17. The fraction of sp³-hybridized carbons (Fsp3) is 0.600. The number of sulfonamides is 1. The van der Waals surface area contributed by atoms with Gasteiger partial charge in [0.05, 0.1) is 17.6 Å². The molecule has 1 aliphatic rings. The molecule has 2 rings (SSSR count). The van der Waals surface area contributed by atoms with Crippen molar-refractivity contribution in [2.24, 2.45) is 0 Å². The minimum absolute atomic E-state index is 0.0495. The first-order chi connectivity index (χ1) is 13.8. The third-order valence-corrected chi connectivity index (χ3v) is 6.80. The molecule has 0 saturated carbocycles. The van der Waals surface area contributed by atoms with Gasteiger partial charge in [-0.15, -0.1) is 0 Å². The van der Waals surface area contributed by atoms with E-state index in [-0.39, 0.29) is 22.1 Å². The van der Waals surface area contributed by atoms with Gasteiger partial charge in [-0.1, -0.05) is 19.8 Å². The molecule has 1 aromatic rings. The van der Waals surface area contributed by atoms with Crippen LogP contribution in [0.15, 0.2) is 23.1 Å². The lowest BCUT2D eigenvalue weighted by atomic mass is 10.1. The lowest BCUT2D eigenvalue weighted by Crippen LogP contribution is -2.45. The summed E-state index contributed by atoms with van der Waals surface area (Å²) < 4.78 is 32.8. The molecule has 0 spiro atoms. The van der Waals surface area contributed by atoms with Gasteiger partial charge in [0.25, 0.3) is 5.91 Å². The number of amides is 2. The molecule has 0 radical (unpaired) electrons. The lowest BCUT2D eigenvalue weighted by molar-refractivity contribution is -0.122. The van der Waals surface area contributed by atoms with E-state index in [0.717, 1.165) is 32.1 Å². The molecule has 0 aliphatic carbocycles. The van der Waals surface area contributed by atoms with Crippen molar-refractivity contribution in [2.45, 2.75) is 56.9 Å². The Kier molecular flexibility index (Phi) is 8.45. The van der Waals surface area contributed by atoms with E-state index in [1.54, 1.807) is 6.92 Å². The van der Waals surface area contributed by atoms with Crippen LogP contribution >= 0.6 is 0 Å². The SMILES string of the molecule is CCCNC(=O)[C@@H](C)NC(=O)c1cc(S(=O)(=O)N2CCCCCC2)ccc1OC. The minimum atomic E-state index is -3.70. The van der Waals surface area contributed by atoms with Crippen LogP contribution < -0.4 is 15.4 Å². The van der Waals surface area contributed by atoms with Crippen molar-refractivity contribution in [3.05, 3.63) is 23.8 Å². The summed E-state index contributed by atoms with van der Waals surface area (Å²) in [6.07, 6.45) is 4.47. The number of nitrogens with zero attached hydrogens (tertiary/aromatic N) is 1. The highest BCUT2D eigenvalue weighted by Crippen LogP contribution is 2.26. The van der Waals surface area contributed by atoms with Gasteiger partial charge in [-0.25, -0.2) is 8.42 Å². The van der Waals surface area contributed by atoms with E-state index in [0.29, 0.717) is 19.6 Å². The number of nitrogens with one attached hydrogen (secondary N) is 2. The summed E-state index contributed by atoms with van der Waals surface area (Å²) in [7, 11) is -2.30. The zero-order valence-corrected chi connectivity index (χ0v) is 18.2. The summed E-state index contributed by atoms with van der Waals surface area (Å²) in [5, 5.41) is 5.32. The van der Waals surface area contributed by atoms with E-state index < -0.39 is 22.0 Å². The molecule has 9 heteroatoms. The molecule has 29 heavy (non-hydrogen) atoms. The molecule has 1 atom stereocenters. The predicted octanol–water partition coefficient (Wildman–Crippen LogP) is 1.90. The number of carbonyl (C=O) groups is 2. The van der Waals surface area contributed by atoms with Crippen molar-refractivity contribution in [3.63, 3.8) is 0 Å². The zero-order valence-electron chi connectivity index (χ0n) is 17.4. The molecule has 2 amide bonds. The average molecular weight is 426 g/mol. The van der Waals surface area contributed by atoms with Gasteiger partial charge in [0.1, 0.15) is 11.8 Å². The van der Waals surface area contributed by atoms with Crippen molar-refractivity contribution >= 4 is 21.8 Å².